The molecule has 3 heteroatoms. The maximum atomic E-state index is 10.8. The molecule has 0 unspecified atom stereocenters. The van der Waals surface area contributed by atoms with Crippen molar-refractivity contribution in [1.82, 2.24) is 0 Å². The fraction of sp³-hybridized carbons (Fsp3) is 0.133. The van der Waals surface area contributed by atoms with Gasteiger partial charge in [0.1, 0.15) is 18.6 Å². The highest BCUT2D eigenvalue weighted by Gasteiger charge is 2.08. The number of halogens is 1. The van der Waals surface area contributed by atoms with E-state index >= 15 is 0 Å². The lowest BCUT2D eigenvalue weighted by molar-refractivity contribution is 0.112. The van der Waals surface area contributed by atoms with E-state index in [0.717, 1.165) is 17.4 Å². The third-order valence-electron chi connectivity index (χ3n) is 2.76. The van der Waals surface area contributed by atoms with Crippen LogP contribution in [0.3, 0.4) is 0 Å². The van der Waals surface area contributed by atoms with Crippen molar-refractivity contribution < 1.29 is 9.53 Å². The third kappa shape index (κ3) is 2.71. The smallest absolute Gasteiger partial charge is 0.150 e. The lowest BCUT2D eigenvalue weighted by atomic mass is 10.1. The molecule has 0 aliphatic heterocycles. The number of carbonyl (C=O) groups excluding carboxylic acids is 1. The lowest BCUT2D eigenvalue weighted by Crippen LogP contribution is -1.97. The lowest BCUT2D eigenvalue weighted by Gasteiger charge is -2.10. The summed E-state index contributed by atoms with van der Waals surface area (Å²) in [5, 5.41) is 0.496. The van der Waals surface area contributed by atoms with Crippen molar-refractivity contribution in [2.24, 2.45) is 0 Å². The SMILES string of the molecule is Cc1c(C=O)ccc(OCc2ccccc2)c1Cl. The Kier molecular flexibility index (Phi) is 4.00. The quantitative estimate of drug-likeness (QED) is 0.776. The van der Waals surface area contributed by atoms with Gasteiger partial charge in [0.05, 0.1) is 5.02 Å². The summed E-state index contributed by atoms with van der Waals surface area (Å²) in [7, 11) is 0. The number of hydrogen-bond acceptors (Lipinski definition) is 2. The Morgan fingerprint density at radius 2 is 1.89 bits per heavy atom. The Hall–Kier alpha value is -1.80. The van der Waals surface area contributed by atoms with Gasteiger partial charge in [-0.2, -0.15) is 0 Å². The summed E-state index contributed by atoms with van der Waals surface area (Å²) in [6.45, 7) is 2.27. The molecule has 2 aromatic rings. The molecule has 0 spiro atoms. The average molecular weight is 261 g/mol. The molecule has 0 N–H and O–H groups in total. The largest absolute Gasteiger partial charge is 0.487 e. The molecule has 0 aromatic heterocycles. The summed E-state index contributed by atoms with van der Waals surface area (Å²) in [6, 6.07) is 13.3. The molecule has 2 aromatic carbocycles. The molecular formula is C15H13ClO2. The predicted molar refractivity (Wildman–Crippen MR) is 72.4 cm³/mol. The molecule has 0 aliphatic carbocycles. The molecule has 92 valence electrons. The molecule has 0 aliphatic rings. The first-order valence-corrected chi connectivity index (χ1v) is 6.01. The van der Waals surface area contributed by atoms with E-state index in [2.05, 4.69) is 0 Å². The van der Waals surface area contributed by atoms with E-state index in [-0.39, 0.29) is 0 Å². The van der Waals surface area contributed by atoms with Crippen LogP contribution in [0.25, 0.3) is 0 Å². The van der Waals surface area contributed by atoms with E-state index in [1.54, 1.807) is 19.1 Å². The van der Waals surface area contributed by atoms with E-state index in [0.29, 0.717) is 22.9 Å². The second kappa shape index (κ2) is 5.69. The van der Waals surface area contributed by atoms with Crippen LogP contribution >= 0.6 is 11.6 Å². The van der Waals surface area contributed by atoms with Gasteiger partial charge in [-0.05, 0) is 30.2 Å². The molecule has 0 radical (unpaired) electrons. The predicted octanol–water partition coefficient (Wildman–Crippen LogP) is 4.04. The molecule has 18 heavy (non-hydrogen) atoms. The standard InChI is InChI=1S/C15H13ClO2/c1-11-13(9-17)7-8-14(15(11)16)18-10-12-5-3-2-4-6-12/h2-9H,10H2,1H3. The van der Waals surface area contributed by atoms with Gasteiger partial charge in [0, 0.05) is 5.56 Å². The van der Waals surface area contributed by atoms with Crippen LogP contribution in [-0.4, -0.2) is 6.29 Å². The third-order valence-corrected chi connectivity index (χ3v) is 3.23. The number of hydrogen-bond donors (Lipinski definition) is 0. The fourth-order valence-corrected chi connectivity index (χ4v) is 1.88. The Balaban J connectivity index is 2.15. The molecule has 0 saturated carbocycles. The molecule has 0 amide bonds. The zero-order valence-corrected chi connectivity index (χ0v) is 10.8. The van der Waals surface area contributed by atoms with Crippen LogP contribution in [0.2, 0.25) is 5.02 Å². The van der Waals surface area contributed by atoms with Gasteiger partial charge in [-0.25, -0.2) is 0 Å². The second-order valence-corrected chi connectivity index (χ2v) is 4.36. The normalized spacial score (nSPS) is 10.1. The number of carbonyl (C=O) groups is 1. The molecule has 0 fully saturated rings. The van der Waals surface area contributed by atoms with Crippen LogP contribution in [0, 0.1) is 6.92 Å². The van der Waals surface area contributed by atoms with Crippen LogP contribution in [-0.2, 0) is 6.61 Å². The van der Waals surface area contributed by atoms with Crippen molar-refractivity contribution in [3.05, 3.63) is 64.2 Å². The Bertz CT molecular complexity index is 550. The topological polar surface area (TPSA) is 26.3 Å². The average Bonchev–Trinajstić information content (AvgIpc) is 2.42. The Labute approximate surface area is 111 Å². The highest BCUT2D eigenvalue weighted by atomic mass is 35.5. The van der Waals surface area contributed by atoms with Gasteiger partial charge < -0.3 is 4.74 Å². The first kappa shape index (κ1) is 12.7. The Morgan fingerprint density at radius 3 is 2.56 bits per heavy atom. The van der Waals surface area contributed by atoms with Crippen molar-refractivity contribution in [3.63, 3.8) is 0 Å². The molecule has 2 rings (SSSR count). The maximum Gasteiger partial charge on any atom is 0.150 e. The van der Waals surface area contributed by atoms with E-state index in [4.69, 9.17) is 16.3 Å². The first-order valence-electron chi connectivity index (χ1n) is 5.63. The van der Waals surface area contributed by atoms with E-state index in [1.807, 2.05) is 30.3 Å². The van der Waals surface area contributed by atoms with E-state index < -0.39 is 0 Å². The molecule has 0 bridgehead atoms. The zero-order chi connectivity index (χ0) is 13.0. The van der Waals surface area contributed by atoms with Gasteiger partial charge in [0.2, 0.25) is 0 Å². The van der Waals surface area contributed by atoms with Gasteiger partial charge in [-0.1, -0.05) is 41.9 Å². The van der Waals surface area contributed by atoms with Crippen LogP contribution in [0.4, 0.5) is 0 Å². The fourth-order valence-electron chi connectivity index (χ4n) is 1.65. The number of rotatable bonds is 4. The zero-order valence-electron chi connectivity index (χ0n) is 10.0. The molecule has 0 saturated heterocycles. The van der Waals surface area contributed by atoms with Crippen LogP contribution in [0.15, 0.2) is 42.5 Å². The molecule has 0 atom stereocenters. The van der Waals surface area contributed by atoms with Gasteiger partial charge >= 0.3 is 0 Å². The van der Waals surface area contributed by atoms with Crippen molar-refractivity contribution >= 4 is 17.9 Å². The van der Waals surface area contributed by atoms with E-state index in [9.17, 15) is 4.79 Å². The maximum absolute atomic E-state index is 10.8. The highest BCUT2D eigenvalue weighted by molar-refractivity contribution is 6.33. The van der Waals surface area contributed by atoms with Gasteiger partial charge in [-0.15, -0.1) is 0 Å². The second-order valence-electron chi connectivity index (χ2n) is 3.98. The van der Waals surface area contributed by atoms with Crippen molar-refractivity contribution in [2.45, 2.75) is 13.5 Å². The Morgan fingerprint density at radius 1 is 1.17 bits per heavy atom. The first-order chi connectivity index (χ1) is 8.72. The monoisotopic (exact) mass is 260 g/mol. The van der Waals surface area contributed by atoms with Crippen LogP contribution in [0.1, 0.15) is 21.5 Å². The van der Waals surface area contributed by atoms with Gasteiger partial charge in [-0.3, -0.25) is 4.79 Å². The van der Waals surface area contributed by atoms with Gasteiger partial charge in [0.15, 0.2) is 0 Å². The molecule has 0 heterocycles. The van der Waals surface area contributed by atoms with Gasteiger partial charge in [0.25, 0.3) is 0 Å². The van der Waals surface area contributed by atoms with E-state index in [1.165, 1.54) is 0 Å². The summed E-state index contributed by atoms with van der Waals surface area (Å²) < 4.78 is 5.66. The molecule has 2 nitrogen and oxygen atoms in total. The summed E-state index contributed by atoms with van der Waals surface area (Å²) in [6.07, 6.45) is 0.794. The van der Waals surface area contributed by atoms with Crippen LogP contribution in [0.5, 0.6) is 5.75 Å². The number of benzene rings is 2. The highest BCUT2D eigenvalue weighted by Crippen LogP contribution is 2.30. The summed E-state index contributed by atoms with van der Waals surface area (Å²) in [5.74, 6) is 0.601. The molecular weight excluding hydrogens is 248 g/mol. The summed E-state index contributed by atoms with van der Waals surface area (Å²) >= 11 is 6.16. The summed E-state index contributed by atoms with van der Waals surface area (Å²) in [5.41, 5.74) is 2.41. The van der Waals surface area contributed by atoms with Crippen molar-refractivity contribution in [1.29, 1.82) is 0 Å². The minimum atomic E-state index is 0.459. The minimum absolute atomic E-state index is 0.459. The summed E-state index contributed by atoms with van der Waals surface area (Å²) in [4.78, 5) is 10.8. The number of aldehydes is 1. The van der Waals surface area contributed by atoms with Crippen molar-refractivity contribution in [3.8, 4) is 5.75 Å². The minimum Gasteiger partial charge on any atom is -0.487 e. The van der Waals surface area contributed by atoms with Crippen molar-refractivity contribution in [2.75, 3.05) is 0 Å². The van der Waals surface area contributed by atoms with Crippen LogP contribution < -0.4 is 4.74 Å². The number of ether oxygens (including phenoxy) is 1.